The summed E-state index contributed by atoms with van der Waals surface area (Å²) in [7, 11) is 0. The number of thiazole rings is 1. The highest BCUT2D eigenvalue weighted by atomic mass is 32.1. The van der Waals surface area contributed by atoms with Crippen LogP contribution in [0.1, 0.15) is 31.2 Å². The molecular formula is C23H29N5O4S. The number of aliphatic hydroxyl groups excluding tert-OH is 2. The van der Waals surface area contributed by atoms with Crippen molar-refractivity contribution in [3.8, 4) is 0 Å². The number of nitrogens with zero attached hydrogens (tertiary/aromatic N) is 4. The molecule has 3 heterocycles. The predicted molar refractivity (Wildman–Crippen MR) is 127 cm³/mol. The number of nitrogens with one attached hydrogen (secondary N) is 1. The molecule has 1 amide bonds. The minimum Gasteiger partial charge on any atom is -0.390 e. The monoisotopic (exact) mass is 471 g/mol. The van der Waals surface area contributed by atoms with Crippen molar-refractivity contribution >= 4 is 39.3 Å². The van der Waals surface area contributed by atoms with Gasteiger partial charge in [0.25, 0.3) is 0 Å². The minimum atomic E-state index is -0.993. The average molecular weight is 472 g/mol. The van der Waals surface area contributed by atoms with E-state index in [1.807, 2.05) is 43.0 Å². The van der Waals surface area contributed by atoms with Gasteiger partial charge in [0.15, 0.2) is 0 Å². The SMILES string of the molecule is CC(C)[C@H]1C[C@@H](N=C2N=C(N3CCOCC3)NC(=O)C2c2nc3ccccc3s2)[C@H](O)[C@@H]1O. The molecule has 3 N–H and O–H groups in total. The average Bonchev–Trinajstić information content (AvgIpc) is 3.35. The molecule has 2 aliphatic heterocycles. The molecule has 0 radical (unpaired) electrons. The van der Waals surface area contributed by atoms with Crippen molar-refractivity contribution in [1.82, 2.24) is 15.2 Å². The van der Waals surface area contributed by atoms with Crippen molar-refractivity contribution in [2.75, 3.05) is 26.3 Å². The number of benzene rings is 1. The standard InChI is InChI=1S/C23H29N5O4S/c1-12(2)13-11-15(19(30)18(13)29)24-20-17(22-25-14-5-3-4-6-16(14)33-22)21(31)27-23(26-20)28-7-9-32-10-8-28/h3-6,12-13,15,17-19,29-30H,7-11H2,1-2H3,(H,24,26,27,31)/t13-,15-,17?,18-,19+/m1/s1. The first kappa shape index (κ1) is 22.4. The number of fused-ring (bicyclic) bond motifs is 1. The summed E-state index contributed by atoms with van der Waals surface area (Å²) in [6.07, 6.45) is -1.30. The summed E-state index contributed by atoms with van der Waals surface area (Å²) in [6, 6.07) is 7.22. The van der Waals surface area contributed by atoms with Gasteiger partial charge in [0.1, 0.15) is 22.9 Å². The Morgan fingerprint density at radius 1 is 1.21 bits per heavy atom. The molecule has 2 fully saturated rings. The van der Waals surface area contributed by atoms with Gasteiger partial charge in [-0.05, 0) is 30.4 Å². The number of carbonyl (C=O) groups is 1. The molecule has 9 nitrogen and oxygen atoms in total. The molecule has 0 spiro atoms. The second-order valence-corrected chi connectivity index (χ2v) is 10.2. The van der Waals surface area contributed by atoms with E-state index in [-0.39, 0.29) is 17.7 Å². The van der Waals surface area contributed by atoms with Crippen molar-refractivity contribution in [1.29, 1.82) is 0 Å². The summed E-state index contributed by atoms with van der Waals surface area (Å²) in [5.41, 5.74) is 0.823. The van der Waals surface area contributed by atoms with Crippen LogP contribution in [0.15, 0.2) is 34.3 Å². The van der Waals surface area contributed by atoms with E-state index >= 15 is 0 Å². The highest BCUT2D eigenvalue weighted by Gasteiger charge is 2.44. The second kappa shape index (κ2) is 9.09. The predicted octanol–water partition coefficient (Wildman–Crippen LogP) is 1.36. The Labute approximate surface area is 196 Å². The van der Waals surface area contributed by atoms with Gasteiger partial charge in [0.05, 0.1) is 35.6 Å². The zero-order chi connectivity index (χ0) is 23.1. The zero-order valence-corrected chi connectivity index (χ0v) is 19.5. The van der Waals surface area contributed by atoms with Crippen LogP contribution in [0.25, 0.3) is 10.2 Å². The van der Waals surface area contributed by atoms with E-state index in [1.54, 1.807) is 0 Å². The lowest BCUT2D eigenvalue weighted by Gasteiger charge is -2.33. The minimum absolute atomic E-state index is 0.0599. The molecule has 1 unspecified atom stereocenters. The maximum absolute atomic E-state index is 13.4. The third kappa shape index (κ3) is 4.28. The first-order valence-electron chi connectivity index (χ1n) is 11.4. The largest absolute Gasteiger partial charge is 0.390 e. The normalized spacial score (nSPS) is 32.0. The first-order chi connectivity index (χ1) is 15.9. The molecule has 5 atom stereocenters. The number of guanidine groups is 1. The number of aromatic nitrogens is 1. The molecule has 0 bridgehead atoms. The van der Waals surface area contributed by atoms with E-state index in [9.17, 15) is 15.0 Å². The van der Waals surface area contributed by atoms with Crippen LogP contribution in [0.2, 0.25) is 0 Å². The maximum atomic E-state index is 13.4. The number of aliphatic hydroxyl groups is 2. The van der Waals surface area contributed by atoms with Crippen LogP contribution in [-0.4, -0.2) is 82.4 Å². The molecule has 5 rings (SSSR count). The Hall–Kier alpha value is -2.40. The lowest BCUT2D eigenvalue weighted by molar-refractivity contribution is -0.120. The zero-order valence-electron chi connectivity index (χ0n) is 18.7. The van der Waals surface area contributed by atoms with Gasteiger partial charge >= 0.3 is 0 Å². The summed E-state index contributed by atoms with van der Waals surface area (Å²) >= 11 is 1.45. The Kier molecular flexibility index (Phi) is 6.17. The van der Waals surface area contributed by atoms with Crippen LogP contribution < -0.4 is 5.32 Å². The molecule has 1 aromatic heterocycles. The Bertz CT molecular complexity index is 1060. The summed E-state index contributed by atoms with van der Waals surface area (Å²) in [4.78, 5) is 29.6. The number of carbonyl (C=O) groups excluding carboxylic acids is 1. The van der Waals surface area contributed by atoms with Gasteiger partial charge in [-0.2, -0.15) is 4.99 Å². The molecule has 10 heteroatoms. The van der Waals surface area contributed by atoms with Crippen LogP contribution in [0.4, 0.5) is 0 Å². The van der Waals surface area contributed by atoms with Crippen molar-refractivity contribution < 1.29 is 19.7 Å². The molecule has 1 aliphatic carbocycles. The van der Waals surface area contributed by atoms with Gasteiger partial charge in [-0.1, -0.05) is 26.0 Å². The number of amides is 1. The third-order valence-electron chi connectivity index (χ3n) is 6.69. The number of para-hydroxylation sites is 1. The van der Waals surface area contributed by atoms with E-state index in [1.165, 1.54) is 11.3 Å². The topological polar surface area (TPSA) is 120 Å². The summed E-state index contributed by atoms with van der Waals surface area (Å²) in [6.45, 7) is 6.43. The van der Waals surface area contributed by atoms with Crippen LogP contribution in [-0.2, 0) is 9.53 Å². The molecule has 1 saturated carbocycles. The third-order valence-corrected chi connectivity index (χ3v) is 7.80. The fraction of sp³-hybridized carbons (Fsp3) is 0.565. The number of ether oxygens (including phenoxy) is 1. The number of hydrogen-bond acceptors (Lipinski definition) is 8. The van der Waals surface area contributed by atoms with Gasteiger partial charge in [0.2, 0.25) is 11.9 Å². The first-order valence-corrected chi connectivity index (χ1v) is 12.3. The molecule has 176 valence electrons. The number of morpholine rings is 1. The fourth-order valence-corrected chi connectivity index (χ4v) is 5.83. The van der Waals surface area contributed by atoms with E-state index in [0.29, 0.717) is 49.5 Å². The quantitative estimate of drug-likeness (QED) is 0.622. The van der Waals surface area contributed by atoms with Crippen molar-refractivity contribution in [3.05, 3.63) is 29.3 Å². The molecule has 3 aliphatic rings. The Morgan fingerprint density at radius 2 is 1.97 bits per heavy atom. The van der Waals surface area contributed by atoms with Crippen molar-refractivity contribution in [2.45, 2.75) is 44.4 Å². The molecule has 1 saturated heterocycles. The smallest absolute Gasteiger partial charge is 0.244 e. The lowest BCUT2D eigenvalue weighted by atomic mass is 9.92. The Balaban J connectivity index is 1.55. The van der Waals surface area contributed by atoms with Gasteiger partial charge in [0, 0.05) is 13.1 Å². The van der Waals surface area contributed by atoms with E-state index in [2.05, 4.69) is 10.3 Å². The molecule has 1 aromatic carbocycles. The number of hydrogen-bond donors (Lipinski definition) is 3. The molecule has 2 aromatic rings. The van der Waals surface area contributed by atoms with Gasteiger partial charge < -0.3 is 19.8 Å². The summed E-state index contributed by atoms with van der Waals surface area (Å²) < 4.78 is 6.41. The summed E-state index contributed by atoms with van der Waals surface area (Å²) in [5.74, 6) is -0.0717. The van der Waals surface area contributed by atoms with E-state index in [0.717, 1.165) is 10.2 Å². The highest BCUT2D eigenvalue weighted by Crippen LogP contribution is 2.36. The van der Waals surface area contributed by atoms with Gasteiger partial charge in [-0.25, -0.2) is 4.98 Å². The lowest BCUT2D eigenvalue weighted by Crippen LogP contribution is -2.53. The van der Waals surface area contributed by atoms with E-state index in [4.69, 9.17) is 14.7 Å². The van der Waals surface area contributed by atoms with Gasteiger partial charge in [-0.15, -0.1) is 11.3 Å². The van der Waals surface area contributed by atoms with Crippen LogP contribution >= 0.6 is 11.3 Å². The number of amidine groups is 1. The molecule has 33 heavy (non-hydrogen) atoms. The Morgan fingerprint density at radius 3 is 2.67 bits per heavy atom. The van der Waals surface area contributed by atoms with Crippen LogP contribution in [0, 0.1) is 11.8 Å². The highest BCUT2D eigenvalue weighted by molar-refractivity contribution is 7.18. The second-order valence-electron chi connectivity index (χ2n) is 9.16. The van der Waals surface area contributed by atoms with Gasteiger partial charge in [-0.3, -0.25) is 15.1 Å². The summed E-state index contributed by atoms with van der Waals surface area (Å²) in [5, 5.41) is 24.8. The maximum Gasteiger partial charge on any atom is 0.244 e. The van der Waals surface area contributed by atoms with Crippen LogP contribution in [0.5, 0.6) is 0 Å². The fourth-order valence-electron chi connectivity index (χ4n) is 4.77. The number of rotatable bonds is 3. The van der Waals surface area contributed by atoms with Crippen molar-refractivity contribution in [3.63, 3.8) is 0 Å². The molecular weight excluding hydrogens is 442 g/mol. The van der Waals surface area contributed by atoms with Crippen LogP contribution in [0.3, 0.4) is 0 Å². The van der Waals surface area contributed by atoms with Crippen molar-refractivity contribution in [2.24, 2.45) is 21.8 Å². The van der Waals surface area contributed by atoms with E-state index < -0.39 is 24.2 Å². The number of aliphatic imine (C=N–C) groups is 2.